The van der Waals surface area contributed by atoms with E-state index in [0.29, 0.717) is 19.6 Å². The Labute approximate surface area is 118 Å². The molecule has 2 aromatic rings. The average Bonchev–Trinajstić information content (AvgIpc) is 2.81. The van der Waals surface area contributed by atoms with Gasteiger partial charge in [0, 0.05) is 32.5 Å². The Morgan fingerprint density at radius 2 is 2.35 bits per heavy atom. The molecular formula is C14H20N4O2. The Balaban J connectivity index is 1.76. The summed E-state index contributed by atoms with van der Waals surface area (Å²) < 4.78 is 6.93. The summed E-state index contributed by atoms with van der Waals surface area (Å²) >= 11 is 0. The van der Waals surface area contributed by atoms with Gasteiger partial charge in [-0.1, -0.05) is 6.07 Å². The molecule has 2 amide bonds. The van der Waals surface area contributed by atoms with Crippen LogP contribution in [-0.2, 0) is 11.2 Å². The van der Waals surface area contributed by atoms with Gasteiger partial charge in [-0.25, -0.2) is 9.78 Å². The molecule has 2 heterocycles. The van der Waals surface area contributed by atoms with Crippen LogP contribution in [0, 0.1) is 0 Å². The van der Waals surface area contributed by atoms with Gasteiger partial charge in [0.1, 0.15) is 5.65 Å². The third-order valence-corrected chi connectivity index (χ3v) is 2.87. The highest BCUT2D eigenvalue weighted by molar-refractivity contribution is 5.74. The molecule has 2 aromatic heterocycles. The fourth-order valence-corrected chi connectivity index (χ4v) is 1.98. The zero-order valence-corrected chi connectivity index (χ0v) is 11.8. The largest absolute Gasteiger partial charge is 0.383 e. The van der Waals surface area contributed by atoms with Gasteiger partial charge in [-0.2, -0.15) is 0 Å². The minimum atomic E-state index is -0.182. The molecule has 0 aliphatic rings. The third kappa shape index (κ3) is 3.96. The number of carbonyl (C=O) groups excluding carboxylic acids is 1. The third-order valence-electron chi connectivity index (χ3n) is 2.87. The number of hydrogen-bond acceptors (Lipinski definition) is 3. The maximum absolute atomic E-state index is 11.6. The number of fused-ring (bicyclic) bond motifs is 1. The first-order valence-electron chi connectivity index (χ1n) is 6.65. The second-order valence-corrected chi connectivity index (χ2v) is 4.70. The molecule has 0 fully saturated rings. The van der Waals surface area contributed by atoms with Crippen LogP contribution >= 0.6 is 0 Å². The van der Waals surface area contributed by atoms with Crippen LogP contribution in [0.4, 0.5) is 4.79 Å². The summed E-state index contributed by atoms with van der Waals surface area (Å²) in [4.78, 5) is 16.1. The van der Waals surface area contributed by atoms with Crippen LogP contribution in [0.2, 0.25) is 0 Å². The number of methoxy groups -OCH3 is 1. The molecule has 0 spiro atoms. The van der Waals surface area contributed by atoms with E-state index in [2.05, 4.69) is 15.6 Å². The van der Waals surface area contributed by atoms with Crippen molar-refractivity contribution in [1.82, 2.24) is 20.0 Å². The van der Waals surface area contributed by atoms with E-state index in [1.807, 2.05) is 41.9 Å². The highest BCUT2D eigenvalue weighted by atomic mass is 16.5. The summed E-state index contributed by atoms with van der Waals surface area (Å²) in [6.45, 7) is 2.94. The molecule has 0 unspecified atom stereocenters. The van der Waals surface area contributed by atoms with Crippen molar-refractivity contribution in [1.29, 1.82) is 0 Å². The fraction of sp³-hybridized carbons (Fsp3) is 0.429. The molecule has 0 saturated carbocycles. The summed E-state index contributed by atoms with van der Waals surface area (Å²) in [5.74, 6) is 0. The minimum absolute atomic E-state index is 0.00445. The lowest BCUT2D eigenvalue weighted by Gasteiger charge is -2.13. The van der Waals surface area contributed by atoms with E-state index in [4.69, 9.17) is 4.74 Å². The highest BCUT2D eigenvalue weighted by Crippen LogP contribution is 2.04. The molecule has 6 heteroatoms. The summed E-state index contributed by atoms with van der Waals surface area (Å²) in [5.41, 5.74) is 1.88. The Morgan fingerprint density at radius 3 is 3.10 bits per heavy atom. The lowest BCUT2D eigenvalue weighted by atomic mass is 10.3. The van der Waals surface area contributed by atoms with Gasteiger partial charge in [0.05, 0.1) is 18.3 Å². The highest BCUT2D eigenvalue weighted by Gasteiger charge is 2.06. The topological polar surface area (TPSA) is 67.7 Å². The second-order valence-electron chi connectivity index (χ2n) is 4.70. The van der Waals surface area contributed by atoms with E-state index in [-0.39, 0.29) is 12.1 Å². The number of rotatable bonds is 6. The molecule has 20 heavy (non-hydrogen) atoms. The van der Waals surface area contributed by atoms with Gasteiger partial charge in [-0.3, -0.25) is 0 Å². The molecule has 0 bridgehead atoms. The molecule has 2 N–H and O–H groups in total. The average molecular weight is 276 g/mol. The maximum Gasteiger partial charge on any atom is 0.315 e. The number of pyridine rings is 1. The number of aromatic nitrogens is 2. The first kappa shape index (κ1) is 14.3. The number of urea groups is 1. The number of nitrogens with zero attached hydrogens (tertiary/aromatic N) is 2. The molecule has 0 aliphatic heterocycles. The molecule has 0 saturated heterocycles. The minimum Gasteiger partial charge on any atom is -0.383 e. The van der Waals surface area contributed by atoms with Gasteiger partial charge >= 0.3 is 6.03 Å². The second kappa shape index (κ2) is 6.91. The number of ether oxygens (including phenoxy) is 1. The first-order valence-corrected chi connectivity index (χ1v) is 6.65. The van der Waals surface area contributed by atoms with Crippen LogP contribution in [0.1, 0.15) is 12.6 Å². The fourth-order valence-electron chi connectivity index (χ4n) is 1.98. The molecule has 0 aromatic carbocycles. The van der Waals surface area contributed by atoms with Crippen LogP contribution < -0.4 is 10.6 Å². The predicted molar refractivity (Wildman–Crippen MR) is 76.8 cm³/mol. The van der Waals surface area contributed by atoms with Crippen molar-refractivity contribution < 1.29 is 9.53 Å². The zero-order valence-electron chi connectivity index (χ0n) is 11.8. The summed E-state index contributed by atoms with van der Waals surface area (Å²) in [6, 6.07) is 5.68. The number of hydrogen-bond donors (Lipinski definition) is 2. The Bertz CT molecular complexity index is 534. The van der Waals surface area contributed by atoms with Crippen LogP contribution in [0.3, 0.4) is 0 Å². The van der Waals surface area contributed by atoms with E-state index in [1.165, 1.54) is 0 Å². The van der Waals surface area contributed by atoms with Crippen molar-refractivity contribution >= 4 is 11.7 Å². The Hall–Kier alpha value is -2.08. The summed E-state index contributed by atoms with van der Waals surface area (Å²) in [6.07, 6.45) is 4.63. The lowest BCUT2D eigenvalue weighted by molar-refractivity contribution is 0.171. The molecule has 6 nitrogen and oxygen atoms in total. The van der Waals surface area contributed by atoms with Crippen molar-refractivity contribution in [2.24, 2.45) is 0 Å². The molecule has 1 atom stereocenters. The zero-order chi connectivity index (χ0) is 14.4. The maximum atomic E-state index is 11.6. The van der Waals surface area contributed by atoms with Crippen molar-refractivity contribution in [3.8, 4) is 0 Å². The number of nitrogens with one attached hydrogen (secondary N) is 2. The van der Waals surface area contributed by atoms with E-state index < -0.39 is 0 Å². The van der Waals surface area contributed by atoms with E-state index in [1.54, 1.807) is 7.11 Å². The molecule has 0 radical (unpaired) electrons. The van der Waals surface area contributed by atoms with E-state index >= 15 is 0 Å². The van der Waals surface area contributed by atoms with Crippen molar-refractivity contribution in [2.75, 3.05) is 20.3 Å². The molecule has 108 valence electrons. The van der Waals surface area contributed by atoms with Crippen LogP contribution in [0.5, 0.6) is 0 Å². The normalized spacial score (nSPS) is 12.3. The van der Waals surface area contributed by atoms with Gasteiger partial charge in [0.15, 0.2) is 0 Å². The SMILES string of the molecule is COC[C@@H](C)NC(=O)NCCc1cn2ccccc2n1. The lowest BCUT2D eigenvalue weighted by Crippen LogP contribution is -2.43. The number of amides is 2. The number of imidazole rings is 1. The van der Waals surface area contributed by atoms with Crippen LogP contribution in [0.25, 0.3) is 5.65 Å². The monoisotopic (exact) mass is 276 g/mol. The van der Waals surface area contributed by atoms with Crippen molar-refractivity contribution in [2.45, 2.75) is 19.4 Å². The quantitative estimate of drug-likeness (QED) is 0.833. The van der Waals surface area contributed by atoms with Gasteiger partial charge in [0.25, 0.3) is 0 Å². The molecular weight excluding hydrogens is 256 g/mol. The van der Waals surface area contributed by atoms with Crippen LogP contribution in [-0.4, -0.2) is 41.7 Å². The van der Waals surface area contributed by atoms with Gasteiger partial charge < -0.3 is 19.8 Å². The van der Waals surface area contributed by atoms with Gasteiger partial charge in [-0.15, -0.1) is 0 Å². The standard InChI is InChI=1S/C14H20N4O2/c1-11(10-20-2)16-14(19)15-7-6-12-9-18-8-4-3-5-13(18)17-12/h3-5,8-9,11H,6-7,10H2,1-2H3,(H2,15,16,19)/t11-/m1/s1. The van der Waals surface area contributed by atoms with Gasteiger partial charge in [-0.05, 0) is 19.1 Å². The Morgan fingerprint density at radius 1 is 1.50 bits per heavy atom. The molecule has 0 aliphatic carbocycles. The van der Waals surface area contributed by atoms with Crippen LogP contribution in [0.15, 0.2) is 30.6 Å². The van der Waals surface area contributed by atoms with Crippen molar-refractivity contribution in [3.63, 3.8) is 0 Å². The number of carbonyl (C=O) groups is 1. The smallest absolute Gasteiger partial charge is 0.315 e. The van der Waals surface area contributed by atoms with E-state index in [0.717, 1.165) is 11.3 Å². The first-order chi connectivity index (χ1) is 9.69. The van der Waals surface area contributed by atoms with Crippen molar-refractivity contribution in [3.05, 3.63) is 36.3 Å². The predicted octanol–water partition coefficient (Wildman–Crippen LogP) is 1.21. The summed E-state index contributed by atoms with van der Waals surface area (Å²) in [5, 5.41) is 5.60. The summed E-state index contributed by atoms with van der Waals surface area (Å²) in [7, 11) is 1.61. The Kier molecular flexibility index (Phi) is 4.95. The molecule has 2 rings (SSSR count). The van der Waals surface area contributed by atoms with E-state index in [9.17, 15) is 4.79 Å². The van der Waals surface area contributed by atoms with Gasteiger partial charge in [0.2, 0.25) is 0 Å².